The summed E-state index contributed by atoms with van der Waals surface area (Å²) in [5.41, 5.74) is 0. The van der Waals surface area contributed by atoms with Gasteiger partial charge >= 0.3 is 12.1 Å². The van der Waals surface area contributed by atoms with E-state index in [9.17, 15) is 9.59 Å². The molecule has 1 unspecified atom stereocenters. The maximum absolute atomic E-state index is 11.4. The summed E-state index contributed by atoms with van der Waals surface area (Å²) in [5.74, 6) is -0.903. The molecule has 0 spiro atoms. The summed E-state index contributed by atoms with van der Waals surface area (Å²) in [5, 5.41) is 8.96. The van der Waals surface area contributed by atoms with E-state index in [2.05, 4.69) is 6.58 Å². The van der Waals surface area contributed by atoms with E-state index in [-0.39, 0.29) is 12.5 Å². The molecule has 0 aromatic rings. The van der Waals surface area contributed by atoms with Crippen molar-refractivity contribution in [3.05, 3.63) is 12.7 Å². The van der Waals surface area contributed by atoms with E-state index in [1.807, 2.05) is 0 Å². The summed E-state index contributed by atoms with van der Waals surface area (Å²) >= 11 is 0. The van der Waals surface area contributed by atoms with E-state index in [0.29, 0.717) is 0 Å². The van der Waals surface area contributed by atoms with Crippen molar-refractivity contribution in [3.8, 4) is 0 Å². The highest BCUT2D eigenvalue weighted by Gasteiger charge is 2.41. The lowest BCUT2D eigenvalue weighted by molar-refractivity contribution is -0.143. The third-order valence-electron chi connectivity index (χ3n) is 2.35. The van der Waals surface area contributed by atoms with Gasteiger partial charge in [-0.1, -0.05) is 12.7 Å². The van der Waals surface area contributed by atoms with Crippen LogP contribution in [0, 0.1) is 5.92 Å². The Balaban J connectivity index is 2.54. The standard InChI is InChI=1S/C10H15NO4/c1-3-6-15-10(14)11(2)8(9(12)13)7-4-5-7/h3,7-8H,1,4-6H2,2H3,(H,12,13). The maximum Gasteiger partial charge on any atom is 0.410 e. The van der Waals surface area contributed by atoms with Gasteiger partial charge in [-0.05, 0) is 18.8 Å². The SMILES string of the molecule is C=CCOC(=O)N(C)C(C(=O)O)C1CC1. The molecule has 0 aliphatic heterocycles. The molecule has 0 bridgehead atoms. The van der Waals surface area contributed by atoms with E-state index in [0.717, 1.165) is 17.7 Å². The van der Waals surface area contributed by atoms with Gasteiger partial charge < -0.3 is 9.84 Å². The fourth-order valence-corrected chi connectivity index (χ4v) is 1.44. The van der Waals surface area contributed by atoms with Gasteiger partial charge in [0.05, 0.1) is 0 Å². The molecule has 0 aromatic carbocycles. The summed E-state index contributed by atoms with van der Waals surface area (Å²) in [4.78, 5) is 23.4. The molecule has 1 fully saturated rings. The molecular formula is C10H15NO4. The van der Waals surface area contributed by atoms with Crippen molar-refractivity contribution in [2.75, 3.05) is 13.7 Å². The first-order valence-corrected chi connectivity index (χ1v) is 4.81. The Morgan fingerprint density at radius 3 is 2.67 bits per heavy atom. The highest BCUT2D eigenvalue weighted by Crippen LogP contribution is 2.35. The molecule has 1 atom stereocenters. The molecule has 1 rings (SSSR count). The molecule has 84 valence electrons. The Morgan fingerprint density at radius 1 is 1.67 bits per heavy atom. The fraction of sp³-hybridized carbons (Fsp3) is 0.600. The third kappa shape index (κ3) is 2.97. The molecule has 15 heavy (non-hydrogen) atoms. The molecule has 5 nitrogen and oxygen atoms in total. The number of likely N-dealkylation sites (N-methyl/N-ethyl adjacent to an activating group) is 1. The van der Waals surface area contributed by atoms with Gasteiger partial charge in [0.2, 0.25) is 0 Å². The van der Waals surface area contributed by atoms with Crippen molar-refractivity contribution in [1.82, 2.24) is 4.90 Å². The van der Waals surface area contributed by atoms with Crippen LogP contribution >= 0.6 is 0 Å². The van der Waals surface area contributed by atoms with Gasteiger partial charge in [-0.25, -0.2) is 9.59 Å². The van der Waals surface area contributed by atoms with Crippen molar-refractivity contribution < 1.29 is 19.4 Å². The molecule has 5 heteroatoms. The molecule has 0 radical (unpaired) electrons. The summed E-state index contributed by atoms with van der Waals surface area (Å²) in [7, 11) is 1.45. The zero-order chi connectivity index (χ0) is 11.4. The zero-order valence-electron chi connectivity index (χ0n) is 8.68. The summed E-state index contributed by atoms with van der Waals surface area (Å²) in [6.45, 7) is 3.50. The average Bonchev–Trinajstić information content (AvgIpc) is 2.97. The molecular weight excluding hydrogens is 198 g/mol. The number of aliphatic carboxylic acids is 1. The number of carboxylic acid groups (broad SMARTS) is 1. The monoisotopic (exact) mass is 213 g/mol. The molecule has 0 saturated heterocycles. The third-order valence-corrected chi connectivity index (χ3v) is 2.35. The number of ether oxygens (including phenoxy) is 1. The Labute approximate surface area is 88.3 Å². The molecule has 1 aliphatic rings. The van der Waals surface area contributed by atoms with E-state index < -0.39 is 18.1 Å². The Kier molecular flexibility index (Phi) is 3.71. The largest absolute Gasteiger partial charge is 0.480 e. The molecule has 1 aliphatic carbocycles. The van der Waals surface area contributed by atoms with Crippen LogP contribution in [0.1, 0.15) is 12.8 Å². The number of carboxylic acids is 1. The second-order valence-electron chi connectivity index (χ2n) is 3.60. The van der Waals surface area contributed by atoms with Crippen LogP contribution in [0.15, 0.2) is 12.7 Å². The van der Waals surface area contributed by atoms with Crippen LogP contribution in [0.3, 0.4) is 0 Å². The van der Waals surface area contributed by atoms with Crippen molar-refractivity contribution in [2.45, 2.75) is 18.9 Å². The van der Waals surface area contributed by atoms with Gasteiger partial charge in [0, 0.05) is 7.05 Å². The van der Waals surface area contributed by atoms with Gasteiger partial charge in [-0.3, -0.25) is 4.90 Å². The predicted molar refractivity (Wildman–Crippen MR) is 53.5 cm³/mol. The summed E-state index contributed by atoms with van der Waals surface area (Å²) in [6.07, 6.45) is 2.54. The minimum atomic E-state index is -0.976. The Morgan fingerprint density at radius 2 is 2.27 bits per heavy atom. The number of hydrogen-bond acceptors (Lipinski definition) is 3. The zero-order valence-corrected chi connectivity index (χ0v) is 8.68. The lowest BCUT2D eigenvalue weighted by atomic mass is 10.2. The molecule has 1 N–H and O–H groups in total. The quantitative estimate of drug-likeness (QED) is 0.694. The van der Waals surface area contributed by atoms with Crippen LogP contribution in [0.2, 0.25) is 0 Å². The molecule has 0 aromatic heterocycles. The smallest absolute Gasteiger partial charge is 0.410 e. The summed E-state index contributed by atoms with van der Waals surface area (Å²) in [6, 6.07) is -0.762. The number of nitrogens with zero attached hydrogens (tertiary/aromatic N) is 1. The minimum Gasteiger partial charge on any atom is -0.480 e. The van der Waals surface area contributed by atoms with E-state index in [1.54, 1.807) is 0 Å². The van der Waals surface area contributed by atoms with Crippen molar-refractivity contribution >= 4 is 12.1 Å². The van der Waals surface area contributed by atoms with Gasteiger partial charge in [-0.2, -0.15) is 0 Å². The highest BCUT2D eigenvalue weighted by atomic mass is 16.6. The van der Waals surface area contributed by atoms with E-state index in [1.165, 1.54) is 13.1 Å². The van der Waals surface area contributed by atoms with Crippen molar-refractivity contribution in [1.29, 1.82) is 0 Å². The second kappa shape index (κ2) is 4.82. The van der Waals surface area contributed by atoms with Gasteiger partial charge in [0.15, 0.2) is 0 Å². The number of carbonyl (C=O) groups excluding carboxylic acids is 1. The lowest BCUT2D eigenvalue weighted by Gasteiger charge is -2.23. The minimum absolute atomic E-state index is 0.0729. The lowest BCUT2D eigenvalue weighted by Crippen LogP contribution is -2.44. The fourth-order valence-electron chi connectivity index (χ4n) is 1.44. The normalized spacial score (nSPS) is 16.6. The van der Waals surface area contributed by atoms with Crippen LogP contribution in [-0.4, -0.2) is 41.8 Å². The molecule has 1 saturated carbocycles. The first-order valence-electron chi connectivity index (χ1n) is 4.81. The first-order chi connectivity index (χ1) is 7.07. The predicted octanol–water partition coefficient (Wildman–Crippen LogP) is 1.10. The maximum atomic E-state index is 11.4. The first kappa shape index (κ1) is 11.6. The van der Waals surface area contributed by atoms with Crippen LogP contribution < -0.4 is 0 Å². The number of rotatable bonds is 5. The van der Waals surface area contributed by atoms with Crippen molar-refractivity contribution in [2.24, 2.45) is 5.92 Å². The topological polar surface area (TPSA) is 66.8 Å². The second-order valence-corrected chi connectivity index (χ2v) is 3.60. The van der Waals surface area contributed by atoms with Gasteiger partial charge in [-0.15, -0.1) is 0 Å². The van der Waals surface area contributed by atoms with Gasteiger partial charge in [0.25, 0.3) is 0 Å². The van der Waals surface area contributed by atoms with E-state index in [4.69, 9.17) is 9.84 Å². The number of amides is 1. The van der Waals surface area contributed by atoms with Crippen LogP contribution in [0.4, 0.5) is 4.79 Å². The van der Waals surface area contributed by atoms with Crippen LogP contribution in [0.25, 0.3) is 0 Å². The summed E-state index contributed by atoms with van der Waals surface area (Å²) < 4.78 is 4.77. The van der Waals surface area contributed by atoms with E-state index >= 15 is 0 Å². The van der Waals surface area contributed by atoms with Crippen molar-refractivity contribution in [3.63, 3.8) is 0 Å². The molecule has 0 heterocycles. The number of hydrogen-bond donors (Lipinski definition) is 1. The Bertz CT molecular complexity index is 273. The van der Waals surface area contributed by atoms with Crippen LogP contribution in [-0.2, 0) is 9.53 Å². The highest BCUT2D eigenvalue weighted by molar-refractivity contribution is 5.80. The average molecular weight is 213 g/mol. The van der Waals surface area contributed by atoms with Gasteiger partial charge in [0.1, 0.15) is 12.6 Å². The molecule has 1 amide bonds. The van der Waals surface area contributed by atoms with Crippen LogP contribution in [0.5, 0.6) is 0 Å². The number of carbonyl (C=O) groups is 2. The Hall–Kier alpha value is -1.52.